The summed E-state index contributed by atoms with van der Waals surface area (Å²) in [6.45, 7) is 8.18. The third-order valence-electron chi connectivity index (χ3n) is 5.77. The van der Waals surface area contributed by atoms with Crippen LogP contribution in [0.5, 0.6) is 5.75 Å². The van der Waals surface area contributed by atoms with Gasteiger partial charge in [0.05, 0.1) is 18.8 Å². The van der Waals surface area contributed by atoms with E-state index < -0.39 is 0 Å². The lowest BCUT2D eigenvalue weighted by Crippen LogP contribution is -2.39. The van der Waals surface area contributed by atoms with Crippen molar-refractivity contribution in [2.75, 3.05) is 26.7 Å². The largest absolute Gasteiger partial charge is 0.497 e. The zero-order valence-electron chi connectivity index (χ0n) is 16.8. The number of hydrogen-bond acceptors (Lipinski definition) is 5. The number of aryl methyl sites for hydroxylation is 2. The lowest BCUT2D eigenvalue weighted by atomic mass is 10.1. The van der Waals surface area contributed by atoms with Gasteiger partial charge in [0.15, 0.2) is 0 Å². The number of ether oxygens (including phenoxy) is 2. The molecule has 28 heavy (non-hydrogen) atoms. The van der Waals surface area contributed by atoms with Crippen LogP contribution in [0.3, 0.4) is 0 Å². The molecule has 1 aromatic heterocycles. The second-order valence-corrected chi connectivity index (χ2v) is 7.57. The molecule has 0 spiro atoms. The molecule has 7 heteroatoms. The van der Waals surface area contributed by atoms with Crippen LogP contribution in [0.4, 0.5) is 4.79 Å². The molecule has 0 saturated carbocycles. The maximum absolute atomic E-state index is 12.3. The lowest BCUT2D eigenvalue weighted by Gasteiger charge is -2.22. The first-order valence-electron chi connectivity index (χ1n) is 9.93. The maximum Gasteiger partial charge on any atom is 0.410 e. The van der Waals surface area contributed by atoms with E-state index in [2.05, 4.69) is 30.0 Å². The second kappa shape index (κ2) is 7.83. The molecule has 2 aromatic rings. The average Bonchev–Trinajstić information content (AvgIpc) is 3.33. The van der Waals surface area contributed by atoms with Gasteiger partial charge in [-0.25, -0.2) is 4.79 Å². The minimum atomic E-state index is -0.182. The molecule has 0 aliphatic carbocycles. The number of hydrogen-bond donors (Lipinski definition) is 0. The first-order valence-corrected chi connectivity index (χ1v) is 9.93. The number of fused-ring (bicyclic) bond motifs is 1. The van der Waals surface area contributed by atoms with E-state index in [1.165, 1.54) is 11.1 Å². The highest BCUT2D eigenvalue weighted by molar-refractivity contribution is 5.71. The van der Waals surface area contributed by atoms with Crippen LogP contribution in [0, 0.1) is 6.92 Å². The zero-order valence-corrected chi connectivity index (χ0v) is 16.8. The normalized spacial score (nSPS) is 21.8. The van der Waals surface area contributed by atoms with Crippen LogP contribution in [0.1, 0.15) is 23.7 Å². The van der Waals surface area contributed by atoms with Crippen molar-refractivity contribution in [3.8, 4) is 5.75 Å². The summed E-state index contributed by atoms with van der Waals surface area (Å²) in [6, 6.07) is 8.14. The predicted octanol–water partition coefficient (Wildman–Crippen LogP) is 2.47. The molecule has 7 nitrogen and oxygen atoms in total. The van der Waals surface area contributed by atoms with Crippen LogP contribution in [0.25, 0.3) is 0 Å². The SMILES string of the molecule is CCn1cc(CN2C[C@H]3OC(=O)N(CCc4ccc(OC)cc4)[C@H]3C2)c(C)n1. The number of aromatic nitrogens is 2. The highest BCUT2D eigenvalue weighted by Gasteiger charge is 2.47. The third kappa shape index (κ3) is 3.71. The van der Waals surface area contributed by atoms with Gasteiger partial charge in [0.1, 0.15) is 11.9 Å². The van der Waals surface area contributed by atoms with Crippen LogP contribution in [-0.4, -0.2) is 64.6 Å². The average molecular weight is 384 g/mol. The first kappa shape index (κ1) is 18.8. The molecule has 0 bridgehead atoms. The summed E-state index contributed by atoms with van der Waals surface area (Å²) < 4.78 is 12.8. The van der Waals surface area contributed by atoms with Gasteiger partial charge in [-0.05, 0) is 38.0 Å². The van der Waals surface area contributed by atoms with Crippen LogP contribution in [0.2, 0.25) is 0 Å². The molecule has 2 saturated heterocycles. The summed E-state index contributed by atoms with van der Waals surface area (Å²) in [6.07, 6.45) is 2.71. The van der Waals surface area contributed by atoms with Crippen LogP contribution < -0.4 is 4.74 Å². The van der Waals surface area contributed by atoms with E-state index >= 15 is 0 Å². The molecule has 3 heterocycles. The van der Waals surface area contributed by atoms with Crippen molar-refractivity contribution >= 4 is 6.09 Å². The van der Waals surface area contributed by atoms with Crippen LogP contribution in [0.15, 0.2) is 30.5 Å². The van der Waals surface area contributed by atoms with Gasteiger partial charge in [0.25, 0.3) is 0 Å². The molecule has 2 fully saturated rings. The summed E-state index contributed by atoms with van der Waals surface area (Å²) in [5.41, 5.74) is 3.51. The summed E-state index contributed by atoms with van der Waals surface area (Å²) >= 11 is 0. The van der Waals surface area contributed by atoms with Crippen molar-refractivity contribution in [1.82, 2.24) is 19.6 Å². The third-order valence-corrected chi connectivity index (χ3v) is 5.77. The fraction of sp³-hybridized carbons (Fsp3) is 0.524. The molecule has 1 aromatic carbocycles. The van der Waals surface area contributed by atoms with E-state index in [4.69, 9.17) is 9.47 Å². The van der Waals surface area contributed by atoms with E-state index in [-0.39, 0.29) is 18.2 Å². The van der Waals surface area contributed by atoms with Gasteiger partial charge in [0.2, 0.25) is 0 Å². The highest BCUT2D eigenvalue weighted by Crippen LogP contribution is 2.28. The van der Waals surface area contributed by atoms with Crippen molar-refractivity contribution in [3.63, 3.8) is 0 Å². The molecule has 2 aliphatic heterocycles. The fourth-order valence-corrected chi connectivity index (χ4v) is 4.13. The van der Waals surface area contributed by atoms with Crippen molar-refractivity contribution in [1.29, 1.82) is 0 Å². The highest BCUT2D eigenvalue weighted by atomic mass is 16.6. The molecule has 0 unspecified atom stereocenters. The summed E-state index contributed by atoms with van der Waals surface area (Å²) in [7, 11) is 1.66. The molecular weight excluding hydrogens is 356 g/mol. The lowest BCUT2D eigenvalue weighted by molar-refractivity contribution is 0.120. The zero-order chi connectivity index (χ0) is 19.7. The fourth-order valence-electron chi connectivity index (χ4n) is 4.13. The molecule has 1 amide bonds. The number of carbonyl (C=O) groups excluding carboxylic acids is 1. The Morgan fingerprint density at radius 2 is 2.04 bits per heavy atom. The van der Waals surface area contributed by atoms with Gasteiger partial charge in [0, 0.05) is 44.5 Å². The molecule has 0 radical (unpaired) electrons. The summed E-state index contributed by atoms with van der Waals surface area (Å²) in [5, 5.41) is 4.53. The molecule has 150 valence electrons. The maximum atomic E-state index is 12.3. The smallest absolute Gasteiger partial charge is 0.410 e. The Hall–Kier alpha value is -2.54. The molecule has 2 atom stereocenters. The number of likely N-dealkylation sites (tertiary alicyclic amines) is 1. The minimum absolute atomic E-state index is 0.0371. The van der Waals surface area contributed by atoms with E-state index in [0.717, 1.165) is 44.0 Å². The Bertz CT molecular complexity index is 833. The van der Waals surface area contributed by atoms with Crippen LogP contribution in [-0.2, 0) is 24.2 Å². The molecular formula is C21H28N4O3. The first-order chi connectivity index (χ1) is 13.6. The van der Waals surface area contributed by atoms with Crippen molar-refractivity contribution in [3.05, 3.63) is 47.3 Å². The quantitative estimate of drug-likeness (QED) is 0.734. The predicted molar refractivity (Wildman–Crippen MR) is 105 cm³/mol. The molecule has 0 N–H and O–H groups in total. The Labute approximate surface area is 165 Å². The number of benzene rings is 1. The summed E-state index contributed by atoms with van der Waals surface area (Å²) in [5.74, 6) is 0.845. The van der Waals surface area contributed by atoms with E-state index in [1.807, 2.05) is 33.8 Å². The second-order valence-electron chi connectivity index (χ2n) is 7.57. The van der Waals surface area contributed by atoms with Crippen molar-refractivity contribution < 1.29 is 14.3 Å². The van der Waals surface area contributed by atoms with Gasteiger partial charge in [-0.2, -0.15) is 5.10 Å². The Balaban J connectivity index is 1.36. The Morgan fingerprint density at radius 3 is 2.71 bits per heavy atom. The number of amides is 1. The number of carbonyl (C=O) groups is 1. The van der Waals surface area contributed by atoms with Crippen LogP contribution >= 0.6 is 0 Å². The van der Waals surface area contributed by atoms with Crippen molar-refractivity contribution in [2.45, 2.75) is 45.5 Å². The number of nitrogens with zero attached hydrogens (tertiary/aromatic N) is 4. The van der Waals surface area contributed by atoms with Gasteiger partial charge in [-0.15, -0.1) is 0 Å². The number of rotatable bonds is 7. The Morgan fingerprint density at radius 1 is 1.25 bits per heavy atom. The van der Waals surface area contributed by atoms with Gasteiger partial charge >= 0.3 is 6.09 Å². The Kier molecular flexibility index (Phi) is 5.26. The molecule has 2 aliphatic rings. The monoisotopic (exact) mass is 384 g/mol. The van der Waals surface area contributed by atoms with Crippen molar-refractivity contribution in [2.24, 2.45) is 0 Å². The van der Waals surface area contributed by atoms with E-state index in [0.29, 0.717) is 6.54 Å². The van der Waals surface area contributed by atoms with Gasteiger partial charge in [-0.3, -0.25) is 14.5 Å². The number of methoxy groups -OCH3 is 1. The summed E-state index contributed by atoms with van der Waals surface area (Å²) in [4.78, 5) is 16.6. The molecule has 4 rings (SSSR count). The van der Waals surface area contributed by atoms with E-state index in [9.17, 15) is 4.79 Å². The van der Waals surface area contributed by atoms with E-state index in [1.54, 1.807) is 7.11 Å². The minimum Gasteiger partial charge on any atom is -0.497 e. The topological polar surface area (TPSA) is 59.8 Å². The van der Waals surface area contributed by atoms with Gasteiger partial charge in [-0.1, -0.05) is 12.1 Å². The van der Waals surface area contributed by atoms with Gasteiger partial charge < -0.3 is 9.47 Å². The standard InChI is InChI=1S/C21H28N4O3/c1-4-24-12-17(15(2)22-24)11-23-13-19-20(14-23)28-21(26)25(19)10-9-16-5-7-18(27-3)8-6-16/h5-8,12,19-20H,4,9-11,13-14H2,1-3H3/t19-,20+/m0/s1.